The Hall–Kier alpha value is -2.80. The predicted octanol–water partition coefficient (Wildman–Crippen LogP) is 2.27. The van der Waals surface area contributed by atoms with Crippen molar-refractivity contribution in [1.29, 1.82) is 5.26 Å². The van der Waals surface area contributed by atoms with Crippen molar-refractivity contribution in [3.05, 3.63) is 64.7 Å². The van der Waals surface area contributed by atoms with Crippen LogP contribution in [0.15, 0.2) is 42.5 Å². The first kappa shape index (κ1) is 14.2. The van der Waals surface area contributed by atoms with Crippen LogP contribution >= 0.6 is 0 Å². The number of anilines is 1. The van der Waals surface area contributed by atoms with Gasteiger partial charge in [0.15, 0.2) is 0 Å². The summed E-state index contributed by atoms with van der Waals surface area (Å²) >= 11 is 0. The Bertz CT molecular complexity index is 744. The molecule has 0 aliphatic carbocycles. The van der Waals surface area contributed by atoms with Crippen molar-refractivity contribution in [2.24, 2.45) is 0 Å². The second kappa shape index (κ2) is 5.90. The van der Waals surface area contributed by atoms with Crippen molar-refractivity contribution >= 4 is 11.6 Å². The van der Waals surface area contributed by atoms with Crippen LogP contribution in [0.4, 0.5) is 5.69 Å². The summed E-state index contributed by atoms with van der Waals surface area (Å²) in [6.45, 7) is 1.36. The molecule has 0 spiro atoms. The smallest absolute Gasteiger partial charge is 0.227 e. The first-order valence-corrected chi connectivity index (χ1v) is 7.30. The van der Waals surface area contributed by atoms with E-state index in [-0.39, 0.29) is 5.91 Å². The molecule has 0 atom stereocenters. The molecular weight excluding hydrogens is 274 g/mol. The second-order valence-corrected chi connectivity index (χ2v) is 5.58. The van der Waals surface area contributed by atoms with Crippen LogP contribution < -0.4 is 5.73 Å². The Morgan fingerprint density at radius 1 is 1.18 bits per heavy atom. The summed E-state index contributed by atoms with van der Waals surface area (Å²) in [5, 5.41) is 8.79. The highest BCUT2D eigenvalue weighted by Crippen LogP contribution is 2.22. The van der Waals surface area contributed by atoms with E-state index in [2.05, 4.69) is 6.07 Å². The van der Waals surface area contributed by atoms with E-state index in [1.807, 2.05) is 35.2 Å². The monoisotopic (exact) mass is 291 g/mol. The molecular formula is C18H17N3O. The molecule has 0 radical (unpaired) electrons. The summed E-state index contributed by atoms with van der Waals surface area (Å²) in [6, 6.07) is 15.2. The molecule has 2 N–H and O–H groups in total. The van der Waals surface area contributed by atoms with Crippen LogP contribution in [0.2, 0.25) is 0 Å². The molecule has 0 saturated carbocycles. The molecule has 1 aliphatic rings. The summed E-state index contributed by atoms with van der Waals surface area (Å²) in [5.41, 5.74) is 10.5. The van der Waals surface area contributed by atoms with E-state index in [9.17, 15) is 4.79 Å². The molecule has 1 aliphatic heterocycles. The van der Waals surface area contributed by atoms with E-state index in [4.69, 9.17) is 11.0 Å². The van der Waals surface area contributed by atoms with Gasteiger partial charge in [-0.3, -0.25) is 4.79 Å². The number of rotatable bonds is 2. The number of benzene rings is 2. The predicted molar refractivity (Wildman–Crippen MR) is 84.8 cm³/mol. The van der Waals surface area contributed by atoms with Crippen molar-refractivity contribution in [3.63, 3.8) is 0 Å². The summed E-state index contributed by atoms with van der Waals surface area (Å²) in [7, 11) is 0. The van der Waals surface area contributed by atoms with Gasteiger partial charge in [0.25, 0.3) is 0 Å². The standard InChI is InChI=1S/C18H17N3O/c19-11-14-3-1-13(2-4-14)9-18(22)21-8-7-15-5-6-17(20)10-16(15)12-21/h1-6,10H,7-9,12,20H2. The molecule has 0 bridgehead atoms. The number of amides is 1. The molecule has 0 unspecified atom stereocenters. The largest absolute Gasteiger partial charge is 0.399 e. The van der Waals surface area contributed by atoms with Crippen LogP contribution in [0, 0.1) is 11.3 Å². The lowest BCUT2D eigenvalue weighted by atomic mass is 9.98. The van der Waals surface area contributed by atoms with Crippen molar-refractivity contribution in [2.75, 3.05) is 12.3 Å². The van der Waals surface area contributed by atoms with E-state index >= 15 is 0 Å². The first-order chi connectivity index (χ1) is 10.7. The van der Waals surface area contributed by atoms with Gasteiger partial charge in [0.2, 0.25) is 5.91 Å². The van der Waals surface area contributed by atoms with Crippen molar-refractivity contribution in [2.45, 2.75) is 19.4 Å². The summed E-state index contributed by atoms with van der Waals surface area (Å²) < 4.78 is 0. The third-order valence-electron chi connectivity index (χ3n) is 4.03. The Morgan fingerprint density at radius 2 is 1.95 bits per heavy atom. The van der Waals surface area contributed by atoms with Gasteiger partial charge >= 0.3 is 0 Å². The van der Waals surface area contributed by atoms with E-state index in [0.29, 0.717) is 18.5 Å². The summed E-state index contributed by atoms with van der Waals surface area (Å²) in [4.78, 5) is 14.3. The Morgan fingerprint density at radius 3 is 2.68 bits per heavy atom. The maximum atomic E-state index is 12.4. The number of fused-ring (bicyclic) bond motifs is 1. The summed E-state index contributed by atoms with van der Waals surface area (Å²) in [6.07, 6.45) is 1.23. The van der Waals surface area contributed by atoms with E-state index < -0.39 is 0 Å². The number of hydrogen-bond acceptors (Lipinski definition) is 3. The van der Waals surface area contributed by atoms with Gasteiger partial charge in [-0.15, -0.1) is 0 Å². The molecule has 3 rings (SSSR count). The number of nitriles is 1. The molecule has 0 aromatic heterocycles. The SMILES string of the molecule is N#Cc1ccc(CC(=O)N2CCc3ccc(N)cc3C2)cc1. The first-order valence-electron chi connectivity index (χ1n) is 7.30. The van der Waals surface area contributed by atoms with Crippen LogP contribution in [0.5, 0.6) is 0 Å². The lowest BCUT2D eigenvalue weighted by Crippen LogP contribution is -2.36. The fourth-order valence-electron chi connectivity index (χ4n) is 2.77. The molecule has 4 heteroatoms. The van der Waals surface area contributed by atoms with Gasteiger partial charge < -0.3 is 10.6 Å². The number of nitrogens with two attached hydrogens (primary N) is 1. The minimum Gasteiger partial charge on any atom is -0.399 e. The minimum absolute atomic E-state index is 0.109. The van der Waals surface area contributed by atoms with Crippen LogP contribution in [0.1, 0.15) is 22.3 Å². The number of nitrogens with zero attached hydrogens (tertiary/aromatic N) is 2. The number of nitrogen functional groups attached to an aromatic ring is 1. The number of carbonyl (C=O) groups excluding carboxylic acids is 1. The van der Waals surface area contributed by atoms with E-state index in [0.717, 1.165) is 29.8 Å². The molecule has 4 nitrogen and oxygen atoms in total. The molecule has 110 valence electrons. The minimum atomic E-state index is 0.109. The van der Waals surface area contributed by atoms with Crippen LogP contribution in [-0.4, -0.2) is 17.4 Å². The fraction of sp³-hybridized carbons (Fsp3) is 0.222. The van der Waals surface area contributed by atoms with Crippen LogP contribution in [-0.2, 0) is 24.2 Å². The number of hydrogen-bond donors (Lipinski definition) is 1. The van der Waals surface area contributed by atoms with Gasteiger partial charge in [-0.1, -0.05) is 18.2 Å². The van der Waals surface area contributed by atoms with Gasteiger partial charge in [0.1, 0.15) is 0 Å². The molecule has 1 heterocycles. The Kier molecular flexibility index (Phi) is 3.80. The maximum Gasteiger partial charge on any atom is 0.227 e. The molecule has 22 heavy (non-hydrogen) atoms. The fourth-order valence-corrected chi connectivity index (χ4v) is 2.77. The third kappa shape index (κ3) is 2.94. The zero-order valence-corrected chi connectivity index (χ0v) is 12.2. The molecule has 0 fully saturated rings. The lowest BCUT2D eigenvalue weighted by molar-refractivity contribution is -0.131. The quantitative estimate of drug-likeness (QED) is 0.863. The Balaban J connectivity index is 1.69. The molecule has 1 amide bonds. The highest BCUT2D eigenvalue weighted by atomic mass is 16.2. The topological polar surface area (TPSA) is 70.1 Å². The second-order valence-electron chi connectivity index (χ2n) is 5.58. The van der Waals surface area contributed by atoms with Crippen molar-refractivity contribution in [3.8, 4) is 6.07 Å². The van der Waals surface area contributed by atoms with Crippen LogP contribution in [0.25, 0.3) is 0 Å². The Labute approximate surface area is 129 Å². The van der Waals surface area contributed by atoms with Crippen LogP contribution in [0.3, 0.4) is 0 Å². The maximum absolute atomic E-state index is 12.4. The number of carbonyl (C=O) groups is 1. The van der Waals surface area contributed by atoms with Gasteiger partial charge in [0, 0.05) is 18.8 Å². The lowest BCUT2D eigenvalue weighted by Gasteiger charge is -2.29. The average molecular weight is 291 g/mol. The summed E-state index contributed by atoms with van der Waals surface area (Å²) in [5.74, 6) is 0.109. The van der Waals surface area contributed by atoms with Crippen molar-refractivity contribution < 1.29 is 4.79 Å². The molecule has 2 aromatic carbocycles. The zero-order chi connectivity index (χ0) is 15.5. The highest BCUT2D eigenvalue weighted by Gasteiger charge is 2.20. The van der Waals surface area contributed by atoms with Gasteiger partial charge in [-0.05, 0) is 47.4 Å². The normalized spacial score (nSPS) is 13.3. The van der Waals surface area contributed by atoms with Gasteiger partial charge in [0.05, 0.1) is 18.1 Å². The average Bonchev–Trinajstić information content (AvgIpc) is 2.54. The van der Waals surface area contributed by atoms with Crippen molar-refractivity contribution in [1.82, 2.24) is 4.90 Å². The van der Waals surface area contributed by atoms with E-state index in [1.54, 1.807) is 12.1 Å². The van der Waals surface area contributed by atoms with Gasteiger partial charge in [-0.2, -0.15) is 5.26 Å². The van der Waals surface area contributed by atoms with Gasteiger partial charge in [-0.25, -0.2) is 0 Å². The zero-order valence-electron chi connectivity index (χ0n) is 12.2. The molecule has 2 aromatic rings. The molecule has 0 saturated heterocycles. The van der Waals surface area contributed by atoms with E-state index in [1.165, 1.54) is 5.56 Å². The highest BCUT2D eigenvalue weighted by molar-refractivity contribution is 5.79. The third-order valence-corrected chi connectivity index (χ3v) is 4.03.